The molecule has 0 aliphatic rings. The summed E-state index contributed by atoms with van der Waals surface area (Å²) in [5.74, 6) is -0.740. The summed E-state index contributed by atoms with van der Waals surface area (Å²) in [6.07, 6.45) is 1.57. The average Bonchev–Trinajstić information content (AvgIpc) is 2.42. The van der Waals surface area contributed by atoms with Crippen LogP contribution < -0.4 is 68.9 Å². The summed E-state index contributed by atoms with van der Waals surface area (Å²) in [6, 6.07) is 6.28. The van der Waals surface area contributed by atoms with Crippen LogP contribution in [0.5, 0.6) is 0 Å². The first-order chi connectivity index (χ1) is 8.69. The van der Waals surface area contributed by atoms with Crippen molar-refractivity contribution >= 4 is 11.9 Å². The van der Waals surface area contributed by atoms with E-state index in [0.29, 0.717) is 24.3 Å². The molecule has 0 bridgehead atoms. The van der Waals surface area contributed by atoms with Gasteiger partial charge in [-0.05, 0) is 37.1 Å². The van der Waals surface area contributed by atoms with Crippen LogP contribution in [0.3, 0.4) is 0 Å². The van der Waals surface area contributed by atoms with Gasteiger partial charge in [-0.3, -0.25) is 0 Å². The van der Waals surface area contributed by atoms with E-state index in [0.717, 1.165) is 12.8 Å². The second-order valence-corrected chi connectivity index (χ2v) is 3.85. The van der Waals surface area contributed by atoms with Gasteiger partial charge in [0.1, 0.15) is 0 Å². The van der Waals surface area contributed by atoms with Gasteiger partial charge < -0.3 is 10.9 Å². The number of hydrogen-bond acceptors (Lipinski definition) is 4. The molecule has 0 aliphatic heterocycles. The molecule has 0 fully saturated rings. The summed E-state index contributed by atoms with van der Waals surface area (Å²) in [4.78, 5) is 23.0. The van der Waals surface area contributed by atoms with Gasteiger partial charge in [0.2, 0.25) is 0 Å². The van der Waals surface area contributed by atoms with Crippen molar-refractivity contribution in [3.8, 4) is 0 Å². The predicted octanol–water partition coefficient (Wildman–Crippen LogP) is -0.0633. The van der Waals surface area contributed by atoms with Gasteiger partial charge in [-0.15, -0.1) is 0 Å². The monoisotopic (exact) mass is 384 g/mol. The third-order valence-corrected chi connectivity index (χ3v) is 2.23. The Kier molecular flexibility index (Phi) is 11.1. The van der Waals surface area contributed by atoms with Gasteiger partial charge in [0.15, 0.2) is 0 Å². The standard InChI is InChI=1S/C14H18O4.Cs.H/c1-3-9-17-13(15)11-5-7-12(8-6-11)14(16)18-10-4-2;;/h5-8H,3-4,9-10H2,1-2H3;;/q;+1;-1. The van der Waals surface area contributed by atoms with Crippen LogP contribution in [0.2, 0.25) is 0 Å². The molecule has 1 aromatic rings. The van der Waals surface area contributed by atoms with Gasteiger partial charge in [-0.2, -0.15) is 0 Å². The van der Waals surface area contributed by atoms with Gasteiger partial charge in [-0.25, -0.2) is 9.59 Å². The van der Waals surface area contributed by atoms with Crippen LogP contribution in [0, 0.1) is 0 Å². The topological polar surface area (TPSA) is 52.6 Å². The SMILES string of the molecule is CCCOC(=O)c1ccc(C(=O)OCCC)cc1.[Cs+].[H-]. The van der Waals surface area contributed by atoms with Crippen molar-refractivity contribution in [3.05, 3.63) is 35.4 Å². The minimum Gasteiger partial charge on any atom is -1.00 e. The normalized spacial score (nSPS) is 9.37. The zero-order chi connectivity index (χ0) is 13.4. The summed E-state index contributed by atoms with van der Waals surface area (Å²) in [5, 5.41) is 0. The molecule has 100 valence electrons. The van der Waals surface area contributed by atoms with Crippen LogP contribution in [0.1, 0.15) is 48.8 Å². The summed E-state index contributed by atoms with van der Waals surface area (Å²) < 4.78 is 9.97. The third kappa shape index (κ3) is 6.97. The molecule has 0 atom stereocenters. The Morgan fingerprint density at radius 3 is 1.47 bits per heavy atom. The molecule has 0 amide bonds. The maximum atomic E-state index is 11.5. The molecule has 5 heteroatoms. The largest absolute Gasteiger partial charge is 1.00 e. The van der Waals surface area contributed by atoms with Crippen LogP contribution in [0.15, 0.2) is 24.3 Å². The van der Waals surface area contributed by atoms with E-state index in [1.54, 1.807) is 24.3 Å². The molecular weight excluding hydrogens is 365 g/mol. The zero-order valence-electron chi connectivity index (χ0n) is 12.8. The molecular formula is C14H19CsO4. The van der Waals surface area contributed by atoms with Crippen molar-refractivity contribution in [1.82, 2.24) is 0 Å². The molecule has 0 spiro atoms. The molecule has 0 radical (unpaired) electrons. The van der Waals surface area contributed by atoms with Crippen molar-refractivity contribution in [1.29, 1.82) is 0 Å². The van der Waals surface area contributed by atoms with Crippen molar-refractivity contribution in [2.75, 3.05) is 13.2 Å². The van der Waals surface area contributed by atoms with E-state index in [-0.39, 0.29) is 82.3 Å². The van der Waals surface area contributed by atoms with Crippen LogP contribution in [-0.4, -0.2) is 25.2 Å². The van der Waals surface area contributed by atoms with E-state index in [4.69, 9.17) is 9.47 Å². The van der Waals surface area contributed by atoms with E-state index in [1.165, 1.54) is 0 Å². The summed E-state index contributed by atoms with van der Waals surface area (Å²) in [5.41, 5.74) is 0.881. The fourth-order valence-electron chi connectivity index (χ4n) is 1.30. The number of hydrogen-bond donors (Lipinski definition) is 0. The molecule has 4 nitrogen and oxygen atoms in total. The fourth-order valence-corrected chi connectivity index (χ4v) is 1.30. The van der Waals surface area contributed by atoms with E-state index < -0.39 is 0 Å². The molecule has 1 aromatic carbocycles. The number of ether oxygens (including phenoxy) is 2. The smallest absolute Gasteiger partial charge is 1.00 e. The number of carbonyl (C=O) groups excluding carboxylic acids is 2. The van der Waals surface area contributed by atoms with Crippen LogP contribution in [0.4, 0.5) is 0 Å². The number of rotatable bonds is 6. The number of carbonyl (C=O) groups is 2. The molecule has 0 heterocycles. The molecule has 0 unspecified atom stereocenters. The molecule has 19 heavy (non-hydrogen) atoms. The Balaban J connectivity index is 0. The van der Waals surface area contributed by atoms with Crippen molar-refractivity contribution in [3.63, 3.8) is 0 Å². The van der Waals surface area contributed by atoms with Crippen molar-refractivity contribution in [2.24, 2.45) is 0 Å². The van der Waals surface area contributed by atoms with Crippen molar-refractivity contribution in [2.45, 2.75) is 26.7 Å². The van der Waals surface area contributed by atoms with Gasteiger partial charge >= 0.3 is 80.8 Å². The van der Waals surface area contributed by atoms with Gasteiger partial charge in [0.05, 0.1) is 24.3 Å². The van der Waals surface area contributed by atoms with E-state index in [1.807, 2.05) is 13.8 Å². The Morgan fingerprint density at radius 1 is 0.895 bits per heavy atom. The van der Waals surface area contributed by atoms with E-state index in [2.05, 4.69) is 0 Å². The first kappa shape index (κ1) is 19.2. The van der Waals surface area contributed by atoms with E-state index in [9.17, 15) is 9.59 Å². The van der Waals surface area contributed by atoms with Gasteiger partial charge in [0.25, 0.3) is 0 Å². The molecule has 0 aliphatic carbocycles. The summed E-state index contributed by atoms with van der Waals surface area (Å²) in [7, 11) is 0. The summed E-state index contributed by atoms with van der Waals surface area (Å²) in [6.45, 7) is 4.67. The zero-order valence-corrected chi connectivity index (χ0v) is 18.1. The Labute approximate surface area is 174 Å². The molecule has 0 saturated carbocycles. The predicted molar refractivity (Wildman–Crippen MR) is 68.7 cm³/mol. The average molecular weight is 384 g/mol. The quantitative estimate of drug-likeness (QED) is 0.645. The maximum Gasteiger partial charge on any atom is 1.00 e. The molecule has 1 rings (SSSR count). The van der Waals surface area contributed by atoms with Crippen molar-refractivity contribution < 1.29 is 89.4 Å². The van der Waals surface area contributed by atoms with E-state index >= 15 is 0 Å². The minimum absolute atomic E-state index is 0. The first-order valence-electron chi connectivity index (χ1n) is 6.13. The van der Waals surface area contributed by atoms with Crippen LogP contribution in [-0.2, 0) is 9.47 Å². The third-order valence-electron chi connectivity index (χ3n) is 2.23. The maximum absolute atomic E-state index is 11.5. The second-order valence-electron chi connectivity index (χ2n) is 3.85. The second kappa shape index (κ2) is 10.9. The summed E-state index contributed by atoms with van der Waals surface area (Å²) >= 11 is 0. The Bertz CT molecular complexity index is 367. The number of esters is 2. The minimum atomic E-state index is -0.370. The van der Waals surface area contributed by atoms with Crippen LogP contribution >= 0.6 is 0 Å². The molecule has 0 aromatic heterocycles. The Morgan fingerprint density at radius 2 is 1.21 bits per heavy atom. The molecule has 0 saturated heterocycles. The van der Waals surface area contributed by atoms with Gasteiger partial charge in [0, 0.05) is 0 Å². The fraction of sp³-hybridized carbons (Fsp3) is 0.429. The number of benzene rings is 1. The molecule has 0 N–H and O–H groups in total. The Hall–Kier alpha value is 0.212. The first-order valence-corrected chi connectivity index (χ1v) is 6.13. The van der Waals surface area contributed by atoms with Gasteiger partial charge in [-0.1, -0.05) is 13.8 Å². The van der Waals surface area contributed by atoms with Crippen LogP contribution in [0.25, 0.3) is 0 Å².